The van der Waals surface area contributed by atoms with Gasteiger partial charge in [0.25, 0.3) is 0 Å². The summed E-state index contributed by atoms with van der Waals surface area (Å²) in [6.45, 7) is 2.25. The SMILES string of the molecule is O=C(NC1CCCO1)N1CCc2ccccc2C1. The van der Waals surface area contributed by atoms with E-state index in [4.69, 9.17) is 4.74 Å². The number of nitrogens with one attached hydrogen (secondary N) is 1. The first-order valence-electron chi connectivity index (χ1n) is 6.57. The van der Waals surface area contributed by atoms with E-state index in [0.717, 1.165) is 32.4 Å². The van der Waals surface area contributed by atoms with Crippen molar-refractivity contribution in [3.05, 3.63) is 35.4 Å². The van der Waals surface area contributed by atoms with Crippen LogP contribution in [0.25, 0.3) is 0 Å². The zero-order valence-corrected chi connectivity index (χ0v) is 10.4. The van der Waals surface area contributed by atoms with E-state index in [1.165, 1.54) is 11.1 Å². The highest BCUT2D eigenvalue weighted by atomic mass is 16.5. The third-order valence-electron chi connectivity index (χ3n) is 3.63. The van der Waals surface area contributed by atoms with E-state index in [0.29, 0.717) is 6.54 Å². The van der Waals surface area contributed by atoms with Gasteiger partial charge in [0.1, 0.15) is 6.23 Å². The average molecular weight is 246 g/mol. The van der Waals surface area contributed by atoms with E-state index in [1.54, 1.807) is 0 Å². The lowest BCUT2D eigenvalue weighted by atomic mass is 10.0. The number of fused-ring (bicyclic) bond motifs is 1. The highest BCUT2D eigenvalue weighted by Crippen LogP contribution is 2.19. The van der Waals surface area contributed by atoms with Gasteiger partial charge in [0.05, 0.1) is 0 Å². The van der Waals surface area contributed by atoms with Crippen molar-refractivity contribution in [1.29, 1.82) is 0 Å². The van der Waals surface area contributed by atoms with Crippen LogP contribution in [0.2, 0.25) is 0 Å². The summed E-state index contributed by atoms with van der Waals surface area (Å²) in [5.41, 5.74) is 2.62. The van der Waals surface area contributed by atoms with Crippen LogP contribution in [0.15, 0.2) is 24.3 Å². The Morgan fingerprint density at radius 2 is 2.17 bits per heavy atom. The fourth-order valence-corrected chi connectivity index (χ4v) is 2.59. The van der Waals surface area contributed by atoms with Crippen LogP contribution in [-0.4, -0.2) is 30.3 Å². The first-order valence-corrected chi connectivity index (χ1v) is 6.57. The van der Waals surface area contributed by atoms with Gasteiger partial charge in [0.2, 0.25) is 0 Å². The van der Waals surface area contributed by atoms with Gasteiger partial charge in [-0.15, -0.1) is 0 Å². The quantitative estimate of drug-likeness (QED) is 0.822. The molecule has 18 heavy (non-hydrogen) atoms. The van der Waals surface area contributed by atoms with Crippen LogP contribution in [-0.2, 0) is 17.7 Å². The molecule has 0 aliphatic carbocycles. The van der Waals surface area contributed by atoms with Gasteiger partial charge in [-0.2, -0.15) is 0 Å². The predicted octanol–water partition coefficient (Wildman–Crippen LogP) is 1.89. The number of carbonyl (C=O) groups is 1. The zero-order chi connectivity index (χ0) is 12.4. The first kappa shape index (κ1) is 11.5. The lowest BCUT2D eigenvalue weighted by Gasteiger charge is -2.29. The van der Waals surface area contributed by atoms with Crippen LogP contribution < -0.4 is 5.32 Å². The standard InChI is InChI=1S/C14H18N2O2/c17-14(15-13-6-3-9-18-13)16-8-7-11-4-1-2-5-12(11)10-16/h1-2,4-5,13H,3,6-10H2,(H,15,17). The Labute approximate surface area is 107 Å². The van der Waals surface area contributed by atoms with Crippen LogP contribution in [0, 0.1) is 0 Å². The van der Waals surface area contributed by atoms with Crippen molar-refractivity contribution in [2.24, 2.45) is 0 Å². The lowest BCUT2D eigenvalue weighted by Crippen LogP contribution is -2.46. The van der Waals surface area contributed by atoms with Crippen LogP contribution >= 0.6 is 0 Å². The summed E-state index contributed by atoms with van der Waals surface area (Å²) in [5.74, 6) is 0. The molecule has 2 aliphatic heterocycles. The monoisotopic (exact) mass is 246 g/mol. The number of rotatable bonds is 1. The largest absolute Gasteiger partial charge is 0.358 e. The normalized spacial score (nSPS) is 22.7. The number of hydrogen-bond donors (Lipinski definition) is 1. The van der Waals surface area contributed by atoms with Gasteiger partial charge >= 0.3 is 6.03 Å². The molecule has 0 saturated carbocycles. The summed E-state index contributed by atoms with van der Waals surface area (Å²) in [7, 11) is 0. The summed E-state index contributed by atoms with van der Waals surface area (Å²) >= 11 is 0. The Morgan fingerprint density at radius 3 is 2.94 bits per heavy atom. The van der Waals surface area contributed by atoms with E-state index >= 15 is 0 Å². The van der Waals surface area contributed by atoms with Gasteiger partial charge in [-0.25, -0.2) is 4.79 Å². The molecule has 4 nitrogen and oxygen atoms in total. The summed E-state index contributed by atoms with van der Waals surface area (Å²) in [4.78, 5) is 14.0. The van der Waals surface area contributed by atoms with Gasteiger partial charge in [-0.05, 0) is 30.4 Å². The van der Waals surface area contributed by atoms with Crippen molar-refractivity contribution >= 4 is 6.03 Å². The molecule has 1 aromatic carbocycles. The number of amides is 2. The highest BCUT2D eigenvalue weighted by Gasteiger charge is 2.24. The summed E-state index contributed by atoms with van der Waals surface area (Å²) in [5, 5.41) is 2.94. The molecule has 1 unspecified atom stereocenters. The molecule has 0 aromatic heterocycles. The Balaban J connectivity index is 1.62. The second-order valence-corrected chi connectivity index (χ2v) is 4.89. The van der Waals surface area contributed by atoms with Gasteiger partial charge in [0.15, 0.2) is 0 Å². The van der Waals surface area contributed by atoms with Crippen LogP contribution in [0.5, 0.6) is 0 Å². The molecule has 1 aromatic rings. The third-order valence-corrected chi connectivity index (χ3v) is 3.63. The molecule has 3 rings (SSSR count). The third kappa shape index (κ3) is 2.34. The van der Waals surface area contributed by atoms with E-state index in [-0.39, 0.29) is 12.3 Å². The average Bonchev–Trinajstić information content (AvgIpc) is 2.91. The summed E-state index contributed by atoms with van der Waals surface area (Å²) in [6, 6.07) is 8.32. The molecule has 96 valence electrons. The second kappa shape index (κ2) is 4.98. The minimum atomic E-state index is -0.0883. The van der Waals surface area contributed by atoms with E-state index in [2.05, 4.69) is 23.5 Å². The maximum Gasteiger partial charge on any atom is 0.319 e. The van der Waals surface area contributed by atoms with Crippen LogP contribution in [0.4, 0.5) is 4.79 Å². The highest BCUT2D eigenvalue weighted by molar-refractivity contribution is 5.74. The van der Waals surface area contributed by atoms with E-state index in [9.17, 15) is 4.79 Å². The molecule has 4 heteroatoms. The number of benzene rings is 1. The van der Waals surface area contributed by atoms with Crippen molar-refractivity contribution in [2.75, 3.05) is 13.2 Å². The number of nitrogens with zero attached hydrogens (tertiary/aromatic N) is 1. The lowest BCUT2D eigenvalue weighted by molar-refractivity contribution is 0.0826. The number of ether oxygens (including phenoxy) is 1. The van der Waals surface area contributed by atoms with Crippen molar-refractivity contribution < 1.29 is 9.53 Å². The number of urea groups is 1. The fourth-order valence-electron chi connectivity index (χ4n) is 2.59. The smallest absolute Gasteiger partial charge is 0.319 e. The molecule has 1 N–H and O–H groups in total. The molecule has 1 fully saturated rings. The zero-order valence-electron chi connectivity index (χ0n) is 10.4. The van der Waals surface area contributed by atoms with E-state index in [1.807, 2.05) is 11.0 Å². The number of carbonyl (C=O) groups excluding carboxylic acids is 1. The Kier molecular flexibility index (Phi) is 3.19. The van der Waals surface area contributed by atoms with E-state index < -0.39 is 0 Å². The Morgan fingerprint density at radius 1 is 1.33 bits per heavy atom. The minimum Gasteiger partial charge on any atom is -0.358 e. The number of hydrogen-bond acceptors (Lipinski definition) is 2. The van der Waals surface area contributed by atoms with Gasteiger partial charge in [-0.1, -0.05) is 24.3 Å². The molecule has 2 amide bonds. The molecule has 0 spiro atoms. The van der Waals surface area contributed by atoms with Gasteiger partial charge < -0.3 is 15.0 Å². The fraction of sp³-hybridized carbons (Fsp3) is 0.500. The van der Waals surface area contributed by atoms with Crippen molar-refractivity contribution in [2.45, 2.75) is 32.0 Å². The predicted molar refractivity (Wildman–Crippen MR) is 68.1 cm³/mol. The topological polar surface area (TPSA) is 41.6 Å². The molecule has 0 radical (unpaired) electrons. The molecular weight excluding hydrogens is 228 g/mol. The molecule has 1 atom stereocenters. The van der Waals surface area contributed by atoms with Crippen molar-refractivity contribution in [3.63, 3.8) is 0 Å². The molecule has 0 bridgehead atoms. The first-order chi connectivity index (χ1) is 8.83. The Hall–Kier alpha value is -1.55. The van der Waals surface area contributed by atoms with Gasteiger partial charge in [-0.3, -0.25) is 0 Å². The van der Waals surface area contributed by atoms with Crippen molar-refractivity contribution in [3.8, 4) is 0 Å². The minimum absolute atomic E-state index is 0.00333. The van der Waals surface area contributed by atoms with Crippen molar-refractivity contribution in [1.82, 2.24) is 10.2 Å². The Bertz CT molecular complexity index is 441. The second-order valence-electron chi connectivity index (χ2n) is 4.89. The maximum absolute atomic E-state index is 12.1. The molecule has 2 aliphatic rings. The summed E-state index contributed by atoms with van der Waals surface area (Å²) in [6.07, 6.45) is 2.81. The maximum atomic E-state index is 12.1. The van der Waals surface area contributed by atoms with Crippen LogP contribution in [0.3, 0.4) is 0 Å². The van der Waals surface area contributed by atoms with Gasteiger partial charge in [0, 0.05) is 19.7 Å². The summed E-state index contributed by atoms with van der Waals surface area (Å²) < 4.78 is 5.43. The molecule has 1 saturated heterocycles. The van der Waals surface area contributed by atoms with Crippen LogP contribution in [0.1, 0.15) is 24.0 Å². The molecular formula is C14H18N2O2. The molecule has 2 heterocycles.